The summed E-state index contributed by atoms with van der Waals surface area (Å²) in [4.78, 5) is 21.9. The molecule has 0 radical (unpaired) electrons. The van der Waals surface area contributed by atoms with Gasteiger partial charge in [-0.15, -0.1) is 0 Å². The molecule has 34 heavy (non-hydrogen) atoms. The lowest BCUT2D eigenvalue weighted by Crippen LogP contribution is -2.28. The molecule has 0 saturated heterocycles. The number of rotatable bonds is 5. The minimum Gasteiger partial charge on any atom is -0.497 e. The van der Waals surface area contributed by atoms with Crippen molar-refractivity contribution < 1.29 is 19.0 Å². The van der Waals surface area contributed by atoms with Gasteiger partial charge in [0.05, 0.1) is 12.6 Å². The van der Waals surface area contributed by atoms with Crippen LogP contribution in [0.4, 0.5) is 5.82 Å². The first kappa shape index (κ1) is 21.7. The van der Waals surface area contributed by atoms with Gasteiger partial charge < -0.3 is 19.5 Å². The maximum atomic E-state index is 13.1. The predicted molar refractivity (Wildman–Crippen MR) is 130 cm³/mol. The van der Waals surface area contributed by atoms with Crippen molar-refractivity contribution in [3.63, 3.8) is 0 Å². The van der Waals surface area contributed by atoms with Crippen molar-refractivity contribution in [3.05, 3.63) is 77.6 Å². The topological polar surface area (TPSA) is 82.6 Å². The first-order valence-corrected chi connectivity index (χ1v) is 11.1. The van der Waals surface area contributed by atoms with E-state index in [1.54, 1.807) is 13.3 Å². The summed E-state index contributed by atoms with van der Waals surface area (Å²) in [5.74, 6) is 2.62. The van der Waals surface area contributed by atoms with Crippen LogP contribution in [0.15, 0.2) is 60.8 Å². The van der Waals surface area contributed by atoms with Gasteiger partial charge in [0.2, 0.25) is 5.91 Å². The molecule has 1 N–H and O–H groups in total. The Morgan fingerprint density at radius 2 is 1.85 bits per heavy atom. The van der Waals surface area contributed by atoms with E-state index >= 15 is 0 Å². The lowest BCUT2D eigenvalue weighted by atomic mass is 9.95. The fraction of sp³-hybridized carbons (Fsp3) is 0.222. The Bertz CT molecular complexity index is 1380. The monoisotopic (exact) mass is 455 g/mol. The number of hydrogen-bond donors (Lipinski definition) is 1. The number of amides is 1. The van der Waals surface area contributed by atoms with Crippen LogP contribution in [0.1, 0.15) is 29.7 Å². The molecule has 2 atom stereocenters. The molecular formula is C27H25N3O4. The standard InChI is InChI=1S/C27H25N3O4/c1-15-11-16(2)29-25(12-15)30-27(31)26-17(3)33-24-14-19(6-8-21(24)26)34-23-9-10-28-22-13-18(32-4)5-7-20(22)23/h5-14,17,26H,1-4H3,(H,29,30,31). The highest BCUT2D eigenvalue weighted by molar-refractivity contribution is 5.96. The molecule has 1 aliphatic heterocycles. The molecule has 2 unspecified atom stereocenters. The van der Waals surface area contributed by atoms with Gasteiger partial charge in [0.1, 0.15) is 40.8 Å². The summed E-state index contributed by atoms with van der Waals surface area (Å²) in [6, 6.07) is 16.9. The van der Waals surface area contributed by atoms with Crippen LogP contribution in [0.3, 0.4) is 0 Å². The van der Waals surface area contributed by atoms with Gasteiger partial charge in [-0.1, -0.05) is 6.07 Å². The number of carbonyl (C=O) groups excluding carboxylic acids is 1. The number of pyridine rings is 2. The van der Waals surface area contributed by atoms with Gasteiger partial charge in [0.15, 0.2) is 0 Å². The Balaban J connectivity index is 1.39. The molecule has 7 nitrogen and oxygen atoms in total. The number of ether oxygens (including phenoxy) is 3. The number of nitrogens with zero attached hydrogens (tertiary/aromatic N) is 2. The van der Waals surface area contributed by atoms with E-state index in [-0.39, 0.29) is 12.0 Å². The van der Waals surface area contributed by atoms with Crippen LogP contribution in [0, 0.1) is 13.8 Å². The lowest BCUT2D eigenvalue weighted by molar-refractivity contribution is -0.118. The SMILES string of the molecule is COc1ccc2c(Oc3ccc4c(c3)OC(C)C4C(=O)Nc3cc(C)cc(C)n3)ccnc2c1. The van der Waals surface area contributed by atoms with Gasteiger partial charge in [-0.05, 0) is 62.7 Å². The highest BCUT2D eigenvalue weighted by atomic mass is 16.5. The fourth-order valence-electron chi connectivity index (χ4n) is 4.37. The number of methoxy groups -OCH3 is 1. The summed E-state index contributed by atoms with van der Waals surface area (Å²) >= 11 is 0. The molecule has 0 spiro atoms. The number of carbonyl (C=O) groups is 1. The zero-order chi connectivity index (χ0) is 23.8. The Hall–Kier alpha value is -4.13. The summed E-state index contributed by atoms with van der Waals surface area (Å²) in [5, 5.41) is 3.81. The van der Waals surface area contributed by atoms with Crippen molar-refractivity contribution in [2.24, 2.45) is 0 Å². The molecule has 1 aliphatic rings. The van der Waals surface area contributed by atoms with Crippen LogP contribution in [-0.4, -0.2) is 29.1 Å². The third-order valence-electron chi connectivity index (χ3n) is 5.87. The molecule has 0 saturated carbocycles. The van der Waals surface area contributed by atoms with Crippen molar-refractivity contribution in [2.45, 2.75) is 32.8 Å². The van der Waals surface area contributed by atoms with Gasteiger partial charge in [-0.25, -0.2) is 4.98 Å². The van der Waals surface area contributed by atoms with Crippen LogP contribution in [0.5, 0.6) is 23.0 Å². The van der Waals surface area contributed by atoms with E-state index < -0.39 is 5.92 Å². The number of nitrogens with one attached hydrogen (secondary N) is 1. The zero-order valence-electron chi connectivity index (χ0n) is 19.5. The summed E-state index contributed by atoms with van der Waals surface area (Å²) in [6.07, 6.45) is 1.38. The lowest BCUT2D eigenvalue weighted by Gasteiger charge is -2.15. The molecule has 0 fully saturated rings. The number of anilines is 1. The van der Waals surface area contributed by atoms with Gasteiger partial charge in [0, 0.05) is 35.0 Å². The van der Waals surface area contributed by atoms with Crippen molar-refractivity contribution in [1.29, 1.82) is 0 Å². The third kappa shape index (κ3) is 4.12. The van der Waals surface area contributed by atoms with Gasteiger partial charge in [0.25, 0.3) is 0 Å². The second-order valence-electron chi connectivity index (χ2n) is 8.45. The van der Waals surface area contributed by atoms with Crippen molar-refractivity contribution >= 4 is 22.6 Å². The highest BCUT2D eigenvalue weighted by Gasteiger charge is 2.37. The molecule has 2 aromatic heterocycles. The van der Waals surface area contributed by atoms with E-state index in [9.17, 15) is 4.79 Å². The minimum absolute atomic E-state index is 0.147. The molecule has 1 amide bonds. The minimum atomic E-state index is -0.444. The molecule has 172 valence electrons. The molecule has 2 aromatic carbocycles. The van der Waals surface area contributed by atoms with E-state index in [0.717, 1.165) is 33.5 Å². The molecule has 0 bridgehead atoms. The molecule has 5 rings (SSSR count). The Labute approximate surface area is 197 Å². The van der Waals surface area contributed by atoms with E-state index in [0.29, 0.717) is 23.1 Å². The van der Waals surface area contributed by atoms with Crippen molar-refractivity contribution in [1.82, 2.24) is 9.97 Å². The summed E-state index contributed by atoms with van der Waals surface area (Å²) in [7, 11) is 1.62. The predicted octanol–water partition coefficient (Wildman–Crippen LogP) is 5.55. The molecule has 7 heteroatoms. The Kier molecular flexibility index (Phi) is 5.53. The third-order valence-corrected chi connectivity index (χ3v) is 5.87. The van der Waals surface area contributed by atoms with E-state index in [4.69, 9.17) is 14.2 Å². The van der Waals surface area contributed by atoms with E-state index in [1.165, 1.54) is 0 Å². The smallest absolute Gasteiger partial charge is 0.236 e. The summed E-state index contributed by atoms with van der Waals surface area (Å²) in [6.45, 7) is 5.78. The van der Waals surface area contributed by atoms with Crippen LogP contribution in [-0.2, 0) is 4.79 Å². The fourth-order valence-corrected chi connectivity index (χ4v) is 4.37. The number of aromatic nitrogens is 2. The normalized spacial score (nSPS) is 16.6. The van der Waals surface area contributed by atoms with E-state index in [1.807, 2.05) is 75.4 Å². The second kappa shape index (κ2) is 8.67. The van der Waals surface area contributed by atoms with Crippen LogP contribution >= 0.6 is 0 Å². The first-order valence-electron chi connectivity index (χ1n) is 11.1. The maximum absolute atomic E-state index is 13.1. The van der Waals surface area contributed by atoms with Crippen LogP contribution in [0.2, 0.25) is 0 Å². The molecule has 3 heterocycles. The van der Waals surface area contributed by atoms with Gasteiger partial charge >= 0.3 is 0 Å². The quantitative estimate of drug-likeness (QED) is 0.425. The Morgan fingerprint density at radius 3 is 2.65 bits per heavy atom. The largest absolute Gasteiger partial charge is 0.497 e. The van der Waals surface area contributed by atoms with E-state index in [2.05, 4.69) is 15.3 Å². The molecule has 0 aliphatic carbocycles. The van der Waals surface area contributed by atoms with Crippen molar-refractivity contribution in [3.8, 4) is 23.0 Å². The van der Waals surface area contributed by atoms with Crippen LogP contribution < -0.4 is 19.5 Å². The number of hydrogen-bond acceptors (Lipinski definition) is 6. The number of benzene rings is 2. The van der Waals surface area contributed by atoms with Crippen molar-refractivity contribution in [2.75, 3.05) is 12.4 Å². The first-order chi connectivity index (χ1) is 16.4. The average molecular weight is 456 g/mol. The molecular weight excluding hydrogens is 430 g/mol. The highest BCUT2D eigenvalue weighted by Crippen LogP contribution is 2.42. The van der Waals surface area contributed by atoms with Gasteiger partial charge in [-0.2, -0.15) is 0 Å². The number of fused-ring (bicyclic) bond motifs is 2. The summed E-state index contributed by atoms with van der Waals surface area (Å²) in [5.41, 5.74) is 3.50. The number of aryl methyl sites for hydroxylation is 2. The maximum Gasteiger partial charge on any atom is 0.236 e. The second-order valence-corrected chi connectivity index (χ2v) is 8.45. The van der Waals surface area contributed by atoms with Crippen LogP contribution in [0.25, 0.3) is 10.9 Å². The van der Waals surface area contributed by atoms with Gasteiger partial charge in [-0.3, -0.25) is 9.78 Å². The summed E-state index contributed by atoms with van der Waals surface area (Å²) < 4.78 is 17.5. The Morgan fingerprint density at radius 1 is 1.03 bits per heavy atom. The zero-order valence-corrected chi connectivity index (χ0v) is 19.5. The molecule has 4 aromatic rings. The average Bonchev–Trinajstić information content (AvgIpc) is 3.13.